The van der Waals surface area contributed by atoms with Crippen LogP contribution in [0.1, 0.15) is 20.8 Å². The molecule has 0 aliphatic rings. The van der Waals surface area contributed by atoms with Gasteiger partial charge >= 0.3 is 0 Å². The Morgan fingerprint density at radius 3 is 0.833 bits per heavy atom. The Labute approximate surface area is 170 Å². The zero-order chi connectivity index (χ0) is 24.4. The van der Waals surface area contributed by atoms with Crippen molar-refractivity contribution in [2.24, 2.45) is 0 Å². The highest BCUT2D eigenvalue weighted by Crippen LogP contribution is 2.28. The summed E-state index contributed by atoms with van der Waals surface area (Å²) in [5.74, 6) is -3.71. The molecule has 0 saturated carbocycles. The number of carbonyl (C=O) groups is 3. The summed E-state index contributed by atoms with van der Waals surface area (Å²) in [6.07, 6.45) is 0. The molecule has 12 heteroatoms. The van der Waals surface area contributed by atoms with E-state index in [0.717, 1.165) is 32.9 Å². The van der Waals surface area contributed by atoms with Crippen LogP contribution in [0.3, 0.4) is 0 Å². The minimum Gasteiger partial charge on any atom is -0.508 e. The van der Waals surface area contributed by atoms with Crippen LogP contribution < -0.4 is 0 Å². The largest absolute Gasteiger partial charge is 0.508 e. The number of hydrogen-bond acceptors (Lipinski definition) is 9. The molecule has 0 bridgehead atoms. The summed E-state index contributed by atoms with van der Waals surface area (Å²) in [6, 6.07) is 7.13. The van der Waals surface area contributed by atoms with E-state index in [4.69, 9.17) is 60.3 Å². The number of carboxylic acids is 3. The van der Waals surface area contributed by atoms with E-state index in [0.29, 0.717) is 0 Å². The van der Waals surface area contributed by atoms with Crippen LogP contribution >= 0.6 is 0 Å². The first-order valence-electron chi connectivity index (χ1n) is 7.60. The molecule has 12 nitrogen and oxygen atoms in total. The summed E-state index contributed by atoms with van der Waals surface area (Å²) < 4.78 is 0. The molecule has 0 aromatic heterocycles. The molecule has 0 aliphatic carbocycles. The predicted octanol–water partition coefficient (Wildman–Crippen LogP) is 1.88. The highest BCUT2D eigenvalue weighted by molar-refractivity contribution is 5.63. The number of benzene rings is 2. The van der Waals surface area contributed by atoms with Crippen LogP contribution in [0.2, 0.25) is 0 Å². The summed E-state index contributed by atoms with van der Waals surface area (Å²) in [6.45, 7) is 3.25. The molecule has 30 heavy (non-hydrogen) atoms. The smallest absolute Gasteiger partial charge is 0.300 e. The van der Waals surface area contributed by atoms with Crippen molar-refractivity contribution in [1.29, 1.82) is 0 Å². The fraction of sp³-hybridized carbons (Fsp3) is 0.167. The first-order valence-corrected chi connectivity index (χ1v) is 7.60. The van der Waals surface area contributed by atoms with Crippen molar-refractivity contribution in [3.63, 3.8) is 0 Å². The average Bonchev–Trinajstić information content (AvgIpc) is 2.54. The summed E-state index contributed by atoms with van der Waals surface area (Å²) in [4.78, 5) is 27.0. The van der Waals surface area contributed by atoms with E-state index >= 15 is 0 Å². The summed E-state index contributed by atoms with van der Waals surface area (Å²) in [5.41, 5.74) is 0. The molecule has 0 heterocycles. The third-order valence-corrected chi connectivity index (χ3v) is 1.92. The number of carboxylic acid groups (broad SMARTS) is 3. The van der Waals surface area contributed by atoms with Crippen molar-refractivity contribution in [3.05, 3.63) is 36.4 Å². The molecule has 0 saturated heterocycles. The Morgan fingerprint density at radius 1 is 0.500 bits per heavy atom. The van der Waals surface area contributed by atoms with Gasteiger partial charge in [0.2, 0.25) is 0 Å². The minimum atomic E-state index is -0.833. The lowest BCUT2D eigenvalue weighted by molar-refractivity contribution is -0.135. The van der Waals surface area contributed by atoms with Crippen molar-refractivity contribution < 1.29 is 60.3 Å². The van der Waals surface area contributed by atoms with Gasteiger partial charge in [0, 0.05) is 32.9 Å². The molecule has 0 amide bonds. The maximum atomic E-state index is 9.00. The second-order valence-corrected chi connectivity index (χ2v) is 4.90. The zero-order valence-electron chi connectivity index (χ0n) is 16.2. The topological polar surface area (TPSA) is 233 Å². The van der Waals surface area contributed by atoms with Gasteiger partial charge in [0.05, 0.1) is 0 Å². The van der Waals surface area contributed by atoms with Crippen LogP contribution in [0.25, 0.3) is 0 Å². The molecule has 2 aromatic rings. The van der Waals surface area contributed by atoms with Gasteiger partial charge in [0.25, 0.3) is 17.9 Å². The Bertz CT molecular complexity index is 712. The third-order valence-electron chi connectivity index (χ3n) is 1.92. The lowest BCUT2D eigenvalue weighted by Gasteiger charge is -1.95. The lowest BCUT2D eigenvalue weighted by Crippen LogP contribution is -1.78. The average molecular weight is 432 g/mol. The van der Waals surface area contributed by atoms with E-state index in [-0.39, 0.29) is 34.5 Å². The van der Waals surface area contributed by atoms with Gasteiger partial charge in [-0.15, -0.1) is 0 Å². The van der Waals surface area contributed by atoms with E-state index in [1.165, 1.54) is 24.3 Å². The number of hydrogen-bond donors (Lipinski definition) is 9. The van der Waals surface area contributed by atoms with Gasteiger partial charge in [0.1, 0.15) is 11.5 Å². The number of aliphatic carboxylic acids is 3. The van der Waals surface area contributed by atoms with E-state index in [9.17, 15) is 0 Å². The molecule has 2 aromatic carbocycles. The molecule has 0 fully saturated rings. The fourth-order valence-corrected chi connectivity index (χ4v) is 1.02. The van der Waals surface area contributed by atoms with Crippen molar-refractivity contribution >= 4 is 17.9 Å². The highest BCUT2D eigenvalue weighted by Gasteiger charge is 1.97. The van der Waals surface area contributed by atoms with E-state index in [1.54, 1.807) is 0 Å². The van der Waals surface area contributed by atoms with Crippen molar-refractivity contribution in [2.45, 2.75) is 20.8 Å². The van der Waals surface area contributed by atoms with Crippen LogP contribution in [0.5, 0.6) is 34.5 Å². The number of phenolic OH excluding ortho intramolecular Hbond substituents is 6. The zero-order valence-corrected chi connectivity index (χ0v) is 16.2. The fourth-order valence-electron chi connectivity index (χ4n) is 1.02. The van der Waals surface area contributed by atoms with Crippen LogP contribution in [-0.4, -0.2) is 63.9 Å². The van der Waals surface area contributed by atoms with Crippen LogP contribution in [-0.2, 0) is 14.4 Å². The van der Waals surface area contributed by atoms with E-state index in [1.807, 2.05) is 0 Å². The van der Waals surface area contributed by atoms with Gasteiger partial charge in [-0.3, -0.25) is 14.4 Å². The molecule has 0 aliphatic heterocycles. The molecule has 0 spiro atoms. The monoisotopic (exact) mass is 432 g/mol. The Balaban J connectivity index is -0.000000325. The van der Waals surface area contributed by atoms with Crippen LogP contribution in [0, 0.1) is 0 Å². The van der Waals surface area contributed by atoms with Gasteiger partial charge in [-0.1, -0.05) is 0 Å². The Hall–Kier alpha value is -4.35. The van der Waals surface area contributed by atoms with Crippen molar-refractivity contribution in [3.8, 4) is 34.5 Å². The lowest BCUT2D eigenvalue weighted by atomic mass is 10.3. The van der Waals surface area contributed by atoms with Gasteiger partial charge < -0.3 is 46.0 Å². The highest BCUT2D eigenvalue weighted by atomic mass is 16.4. The summed E-state index contributed by atoms with van der Waals surface area (Å²) >= 11 is 0. The summed E-state index contributed by atoms with van der Waals surface area (Å²) in [7, 11) is 0. The molecule has 2 rings (SSSR count). The number of aromatic hydroxyl groups is 6. The standard InChI is InChI=1S/2C6H6O3.3C2H4O2/c2*7-4-1-2-5(8)6(9)3-4;3*1-2(3)4/h2*1-3,7-9H;3*1H3,(H,3,4). The molecular weight excluding hydrogens is 408 g/mol. The Kier molecular flexibility index (Phi) is 17.0. The van der Waals surface area contributed by atoms with Gasteiger partial charge in [-0.05, 0) is 24.3 Å². The molecule has 9 N–H and O–H groups in total. The molecule has 0 unspecified atom stereocenters. The second kappa shape index (κ2) is 16.8. The maximum Gasteiger partial charge on any atom is 0.300 e. The first kappa shape index (κ1) is 30.4. The van der Waals surface area contributed by atoms with Crippen LogP contribution in [0.4, 0.5) is 0 Å². The van der Waals surface area contributed by atoms with E-state index < -0.39 is 17.9 Å². The van der Waals surface area contributed by atoms with Gasteiger partial charge in [-0.25, -0.2) is 0 Å². The minimum absolute atomic E-state index is 0.0645. The predicted molar refractivity (Wildman–Crippen MR) is 103 cm³/mol. The molecule has 0 atom stereocenters. The van der Waals surface area contributed by atoms with Crippen molar-refractivity contribution in [2.75, 3.05) is 0 Å². The van der Waals surface area contributed by atoms with Gasteiger partial charge in [0.15, 0.2) is 23.0 Å². The van der Waals surface area contributed by atoms with Crippen molar-refractivity contribution in [1.82, 2.24) is 0 Å². The third kappa shape index (κ3) is 25.9. The molecule has 0 radical (unpaired) electrons. The Morgan fingerprint density at radius 2 is 0.700 bits per heavy atom. The van der Waals surface area contributed by atoms with E-state index in [2.05, 4.69) is 0 Å². The number of rotatable bonds is 0. The first-order chi connectivity index (χ1) is 13.6. The van der Waals surface area contributed by atoms with Crippen LogP contribution in [0.15, 0.2) is 36.4 Å². The van der Waals surface area contributed by atoms with Gasteiger partial charge in [-0.2, -0.15) is 0 Å². The molecular formula is C18H24O12. The number of phenols is 6. The normalized spacial score (nSPS) is 8.10. The maximum absolute atomic E-state index is 9.00. The summed E-state index contributed by atoms with van der Waals surface area (Å²) in [5, 5.41) is 74.3. The quantitative estimate of drug-likeness (QED) is 0.214. The SMILES string of the molecule is CC(=O)O.CC(=O)O.CC(=O)O.Oc1ccc(O)c(O)c1.Oc1ccc(O)c(O)c1. The molecule has 168 valence electrons. The second-order valence-electron chi connectivity index (χ2n) is 4.90.